The maximum atomic E-state index is 13.0. The summed E-state index contributed by atoms with van der Waals surface area (Å²) >= 11 is 0. The Morgan fingerprint density at radius 2 is 0.709 bits per heavy atom. The minimum Gasteiger partial charge on any atom is -0.469 e. The highest BCUT2D eigenvalue weighted by molar-refractivity contribution is 5.72. The van der Waals surface area contributed by atoms with Gasteiger partial charge in [-0.3, -0.25) is 14.4 Å². The van der Waals surface area contributed by atoms with E-state index in [0.29, 0.717) is 19.6 Å². The molecule has 0 amide bonds. The van der Waals surface area contributed by atoms with Crippen LogP contribution in [0.3, 0.4) is 0 Å². The van der Waals surface area contributed by atoms with Gasteiger partial charge in [0.05, 0.1) is 32.2 Å². The summed E-state index contributed by atoms with van der Waals surface area (Å²) in [6.07, 6.45) is 37.0. The normalized spacial score (nSPS) is 12.5. The number of hydrogen-bond donors (Lipinski definition) is 0. The Bertz CT molecular complexity index is 850. The second-order valence-corrected chi connectivity index (χ2v) is 16.5. The van der Waals surface area contributed by atoms with Crippen LogP contribution in [0.15, 0.2) is 0 Å². The maximum Gasteiger partial charge on any atom is 0.308 e. The molecule has 7 nitrogen and oxygen atoms in total. The van der Waals surface area contributed by atoms with Gasteiger partial charge in [-0.15, -0.1) is 0 Å². The lowest BCUT2D eigenvalue weighted by atomic mass is 9.94. The van der Waals surface area contributed by atoms with E-state index < -0.39 is 0 Å². The van der Waals surface area contributed by atoms with Gasteiger partial charge in [0.1, 0.15) is 0 Å². The fraction of sp³-hybridized carbons (Fsp3) is 0.938. The number of esters is 3. The topological polar surface area (TPSA) is 82.1 Å². The first kappa shape index (κ1) is 53.4. The number of ether oxygens (including phenoxy) is 3. The van der Waals surface area contributed by atoms with E-state index in [1.54, 1.807) is 0 Å². The zero-order chi connectivity index (χ0) is 40.5. The van der Waals surface area contributed by atoms with E-state index in [1.807, 2.05) is 0 Å². The SMILES string of the molecule is CCCCCCCCC(CCCCCC)C(=O)OCCCCCCN(CCCCCCOC(=O)C(CCCCCC)CCCCCCC)CCCC(=O)OC. The molecule has 2 atom stereocenters. The Morgan fingerprint density at radius 3 is 1.09 bits per heavy atom. The smallest absolute Gasteiger partial charge is 0.308 e. The van der Waals surface area contributed by atoms with Crippen molar-refractivity contribution in [1.29, 1.82) is 0 Å². The molecule has 0 saturated heterocycles. The van der Waals surface area contributed by atoms with Crippen molar-refractivity contribution in [2.24, 2.45) is 11.8 Å². The molecule has 0 saturated carbocycles. The molecule has 0 aromatic heterocycles. The molecule has 0 aromatic carbocycles. The summed E-state index contributed by atoms with van der Waals surface area (Å²) in [6.45, 7) is 13.0. The van der Waals surface area contributed by atoms with Gasteiger partial charge in [-0.05, 0) is 77.4 Å². The number of methoxy groups -OCH3 is 1. The highest BCUT2D eigenvalue weighted by Gasteiger charge is 2.20. The molecular formula is C48H93NO6. The van der Waals surface area contributed by atoms with E-state index in [4.69, 9.17) is 14.2 Å². The molecule has 0 N–H and O–H groups in total. The average molecular weight is 780 g/mol. The van der Waals surface area contributed by atoms with Gasteiger partial charge in [0.2, 0.25) is 0 Å². The highest BCUT2D eigenvalue weighted by atomic mass is 16.5. The quantitative estimate of drug-likeness (QED) is 0.0346. The van der Waals surface area contributed by atoms with E-state index in [1.165, 1.54) is 103 Å². The molecule has 0 rings (SSSR count). The van der Waals surface area contributed by atoms with Crippen LogP contribution >= 0.6 is 0 Å². The Morgan fingerprint density at radius 1 is 0.400 bits per heavy atom. The van der Waals surface area contributed by atoms with Crippen LogP contribution in [0.25, 0.3) is 0 Å². The number of hydrogen-bond acceptors (Lipinski definition) is 7. The van der Waals surface area contributed by atoms with E-state index in [0.717, 1.165) is 129 Å². The molecule has 0 radical (unpaired) electrons. The zero-order valence-electron chi connectivity index (χ0n) is 37.4. The van der Waals surface area contributed by atoms with Crippen molar-refractivity contribution >= 4 is 17.9 Å². The lowest BCUT2D eigenvalue weighted by Gasteiger charge is -2.22. The average Bonchev–Trinajstić information content (AvgIpc) is 3.19. The van der Waals surface area contributed by atoms with Crippen LogP contribution in [-0.2, 0) is 28.6 Å². The minimum absolute atomic E-state index is 0.0347. The summed E-state index contributed by atoms with van der Waals surface area (Å²) in [4.78, 5) is 40.2. The van der Waals surface area contributed by atoms with Gasteiger partial charge in [0.25, 0.3) is 0 Å². The summed E-state index contributed by atoms with van der Waals surface area (Å²) in [5.41, 5.74) is 0. The monoisotopic (exact) mass is 780 g/mol. The van der Waals surface area contributed by atoms with E-state index in [9.17, 15) is 14.4 Å². The lowest BCUT2D eigenvalue weighted by Crippen LogP contribution is -2.28. The van der Waals surface area contributed by atoms with Crippen LogP contribution in [0.5, 0.6) is 0 Å². The van der Waals surface area contributed by atoms with Crippen LogP contribution in [0.1, 0.15) is 240 Å². The Balaban J connectivity index is 4.50. The number of rotatable bonds is 43. The fourth-order valence-corrected chi connectivity index (χ4v) is 7.61. The summed E-state index contributed by atoms with van der Waals surface area (Å²) in [6, 6.07) is 0. The first-order valence-electron chi connectivity index (χ1n) is 24.1. The number of carbonyl (C=O) groups excluding carboxylic acids is 3. The third-order valence-corrected chi connectivity index (χ3v) is 11.4. The van der Waals surface area contributed by atoms with Gasteiger partial charge in [-0.25, -0.2) is 0 Å². The largest absolute Gasteiger partial charge is 0.469 e. The molecule has 0 aliphatic heterocycles. The van der Waals surface area contributed by atoms with Crippen LogP contribution in [-0.4, -0.2) is 62.8 Å². The van der Waals surface area contributed by atoms with Gasteiger partial charge in [-0.2, -0.15) is 0 Å². The molecule has 2 unspecified atom stereocenters. The minimum atomic E-state index is -0.140. The standard InChI is InChI=1S/C48H93NO6/c1-6-10-14-18-20-28-37-45(35-26-17-13-9-4)48(52)55-43-32-24-22-30-40-49(41-33-38-46(50)53-5)39-29-21-23-31-42-54-47(51)44(34-25-16-12-8-3)36-27-19-15-11-7-2/h44-45H,6-43H2,1-5H3. The second-order valence-electron chi connectivity index (χ2n) is 16.5. The van der Waals surface area contributed by atoms with Gasteiger partial charge in [0.15, 0.2) is 0 Å². The van der Waals surface area contributed by atoms with Crippen molar-refractivity contribution in [3.8, 4) is 0 Å². The summed E-state index contributed by atoms with van der Waals surface area (Å²) < 4.78 is 16.5. The van der Waals surface area contributed by atoms with Crippen molar-refractivity contribution in [1.82, 2.24) is 4.90 Å². The number of carbonyl (C=O) groups is 3. The molecule has 0 aromatic rings. The van der Waals surface area contributed by atoms with Crippen molar-refractivity contribution in [3.63, 3.8) is 0 Å². The van der Waals surface area contributed by atoms with E-state index in [-0.39, 0.29) is 29.7 Å². The third-order valence-electron chi connectivity index (χ3n) is 11.4. The van der Waals surface area contributed by atoms with Crippen molar-refractivity contribution in [2.45, 2.75) is 240 Å². The Hall–Kier alpha value is -1.63. The first-order chi connectivity index (χ1) is 26.9. The molecule has 326 valence electrons. The third kappa shape index (κ3) is 35.3. The van der Waals surface area contributed by atoms with E-state index in [2.05, 4.69) is 32.6 Å². The molecule has 0 fully saturated rings. The molecule has 0 aliphatic rings. The van der Waals surface area contributed by atoms with Crippen molar-refractivity contribution in [3.05, 3.63) is 0 Å². The number of unbranched alkanes of at least 4 members (excludes halogenated alkanes) is 21. The maximum absolute atomic E-state index is 13.0. The fourth-order valence-electron chi connectivity index (χ4n) is 7.61. The predicted octanol–water partition coefficient (Wildman–Crippen LogP) is 13.7. The van der Waals surface area contributed by atoms with E-state index >= 15 is 0 Å². The van der Waals surface area contributed by atoms with Crippen LogP contribution in [0, 0.1) is 11.8 Å². The molecular weight excluding hydrogens is 687 g/mol. The second kappa shape index (κ2) is 42.0. The van der Waals surface area contributed by atoms with Gasteiger partial charge < -0.3 is 19.1 Å². The summed E-state index contributed by atoms with van der Waals surface area (Å²) in [7, 11) is 1.46. The first-order valence-corrected chi connectivity index (χ1v) is 24.1. The lowest BCUT2D eigenvalue weighted by molar-refractivity contribution is -0.150. The molecule has 0 bridgehead atoms. The predicted molar refractivity (Wildman–Crippen MR) is 232 cm³/mol. The van der Waals surface area contributed by atoms with Crippen LogP contribution in [0.4, 0.5) is 0 Å². The van der Waals surface area contributed by atoms with Crippen molar-refractivity contribution < 1.29 is 28.6 Å². The Labute approximate surface area is 341 Å². The Kier molecular flexibility index (Phi) is 40.7. The molecule has 0 aliphatic carbocycles. The van der Waals surface area contributed by atoms with Crippen molar-refractivity contribution in [2.75, 3.05) is 40.0 Å². The van der Waals surface area contributed by atoms with Gasteiger partial charge in [0, 0.05) is 6.42 Å². The van der Waals surface area contributed by atoms with Crippen LogP contribution < -0.4 is 0 Å². The molecule has 7 heteroatoms. The molecule has 0 heterocycles. The van der Waals surface area contributed by atoms with Gasteiger partial charge in [-0.1, -0.05) is 175 Å². The molecule has 0 spiro atoms. The zero-order valence-corrected chi connectivity index (χ0v) is 37.4. The summed E-state index contributed by atoms with van der Waals surface area (Å²) in [5.74, 6) is 0.0784. The molecule has 55 heavy (non-hydrogen) atoms. The van der Waals surface area contributed by atoms with Gasteiger partial charge >= 0.3 is 17.9 Å². The van der Waals surface area contributed by atoms with Crippen LogP contribution in [0.2, 0.25) is 0 Å². The summed E-state index contributed by atoms with van der Waals surface area (Å²) in [5, 5.41) is 0. The highest BCUT2D eigenvalue weighted by Crippen LogP contribution is 2.22. The number of nitrogens with zero attached hydrogens (tertiary/aromatic N) is 1.